The molecule has 0 unspecified atom stereocenters. The lowest BCUT2D eigenvalue weighted by Gasteiger charge is -2.18. The van der Waals surface area contributed by atoms with Gasteiger partial charge in [-0.3, -0.25) is 4.98 Å². The lowest BCUT2D eigenvalue weighted by Crippen LogP contribution is -2.27. The Balaban J connectivity index is 2.30. The average molecular weight is 290 g/mol. The van der Waals surface area contributed by atoms with Gasteiger partial charge in [-0.25, -0.2) is 8.42 Å². The van der Waals surface area contributed by atoms with Crippen LogP contribution >= 0.6 is 0 Å². The highest BCUT2D eigenvalue weighted by Gasteiger charge is 2.22. The van der Waals surface area contributed by atoms with Gasteiger partial charge in [-0.15, -0.1) is 0 Å². The molecule has 0 fully saturated rings. The summed E-state index contributed by atoms with van der Waals surface area (Å²) in [5.74, 6) is 0. The first kappa shape index (κ1) is 14.7. The van der Waals surface area contributed by atoms with Crippen LogP contribution < -0.4 is 0 Å². The molecule has 20 heavy (non-hydrogen) atoms. The van der Waals surface area contributed by atoms with Crippen molar-refractivity contribution in [1.82, 2.24) is 9.29 Å². The van der Waals surface area contributed by atoms with E-state index in [0.29, 0.717) is 11.4 Å². The molecule has 1 aromatic carbocycles. The number of hydrogen-bond donors (Lipinski definition) is 0. The molecule has 0 saturated carbocycles. The second-order valence-corrected chi connectivity index (χ2v) is 6.90. The van der Waals surface area contributed by atoms with E-state index in [-0.39, 0.29) is 0 Å². The maximum Gasteiger partial charge on any atom is 0.243 e. The molecule has 0 aliphatic carbocycles. The summed E-state index contributed by atoms with van der Waals surface area (Å²) in [6.45, 7) is 4.07. The summed E-state index contributed by atoms with van der Waals surface area (Å²) in [6, 6.07) is 9.02. The van der Waals surface area contributed by atoms with Crippen LogP contribution in [-0.2, 0) is 16.6 Å². The summed E-state index contributed by atoms with van der Waals surface area (Å²) in [4.78, 5) is 4.36. The van der Waals surface area contributed by atoms with Crippen molar-refractivity contribution in [3.8, 4) is 0 Å². The third kappa shape index (κ3) is 3.05. The zero-order valence-corrected chi connectivity index (χ0v) is 12.7. The summed E-state index contributed by atoms with van der Waals surface area (Å²) >= 11 is 0. The van der Waals surface area contributed by atoms with E-state index in [0.717, 1.165) is 16.7 Å². The standard InChI is InChI=1S/C15H18N2O2S/c1-12-6-7-15(13(2)9-12)20(18,19)17(3)11-14-5-4-8-16-10-14/h4-10H,11H2,1-3H3. The lowest BCUT2D eigenvalue weighted by atomic mass is 10.2. The van der Waals surface area contributed by atoms with Gasteiger partial charge in [0, 0.05) is 26.0 Å². The van der Waals surface area contributed by atoms with Crippen molar-refractivity contribution in [1.29, 1.82) is 0 Å². The van der Waals surface area contributed by atoms with Gasteiger partial charge >= 0.3 is 0 Å². The molecule has 0 spiro atoms. The van der Waals surface area contributed by atoms with Crippen LogP contribution in [0.3, 0.4) is 0 Å². The van der Waals surface area contributed by atoms with Gasteiger partial charge in [0.15, 0.2) is 0 Å². The van der Waals surface area contributed by atoms with Gasteiger partial charge in [-0.1, -0.05) is 23.8 Å². The molecular weight excluding hydrogens is 272 g/mol. The van der Waals surface area contributed by atoms with E-state index >= 15 is 0 Å². The molecule has 1 heterocycles. The second kappa shape index (κ2) is 5.73. The monoisotopic (exact) mass is 290 g/mol. The third-order valence-corrected chi connectivity index (χ3v) is 5.11. The van der Waals surface area contributed by atoms with Crippen LogP contribution in [0.1, 0.15) is 16.7 Å². The SMILES string of the molecule is Cc1ccc(S(=O)(=O)N(C)Cc2cccnc2)c(C)c1. The molecule has 106 valence electrons. The Morgan fingerprint density at radius 1 is 1.20 bits per heavy atom. The number of aryl methyl sites for hydroxylation is 2. The Bertz CT molecular complexity index is 697. The van der Waals surface area contributed by atoms with Crippen LogP contribution in [0.25, 0.3) is 0 Å². The quantitative estimate of drug-likeness (QED) is 0.869. The zero-order chi connectivity index (χ0) is 14.8. The molecule has 2 rings (SSSR count). The van der Waals surface area contributed by atoms with E-state index in [1.165, 1.54) is 4.31 Å². The van der Waals surface area contributed by atoms with E-state index in [4.69, 9.17) is 0 Å². The number of hydrogen-bond acceptors (Lipinski definition) is 3. The molecule has 0 bridgehead atoms. The zero-order valence-electron chi connectivity index (χ0n) is 11.9. The molecule has 0 radical (unpaired) electrons. The summed E-state index contributed by atoms with van der Waals surface area (Å²) in [7, 11) is -1.89. The van der Waals surface area contributed by atoms with Crippen molar-refractivity contribution < 1.29 is 8.42 Å². The molecule has 0 saturated heterocycles. The maximum atomic E-state index is 12.6. The van der Waals surface area contributed by atoms with Crippen molar-refractivity contribution in [2.24, 2.45) is 0 Å². The molecule has 0 amide bonds. The van der Waals surface area contributed by atoms with Crippen LogP contribution in [0.15, 0.2) is 47.6 Å². The van der Waals surface area contributed by atoms with Crippen molar-refractivity contribution in [2.45, 2.75) is 25.3 Å². The molecule has 5 heteroatoms. The smallest absolute Gasteiger partial charge is 0.243 e. The first-order chi connectivity index (χ1) is 9.41. The number of pyridine rings is 1. The second-order valence-electron chi connectivity index (χ2n) is 4.89. The molecule has 2 aromatic rings. The maximum absolute atomic E-state index is 12.6. The number of nitrogens with zero attached hydrogens (tertiary/aromatic N) is 2. The average Bonchev–Trinajstić information content (AvgIpc) is 2.39. The summed E-state index contributed by atoms with van der Waals surface area (Å²) in [5, 5.41) is 0. The normalized spacial score (nSPS) is 11.8. The Hall–Kier alpha value is -1.72. The minimum atomic E-state index is -3.48. The van der Waals surface area contributed by atoms with Crippen LogP contribution in [0, 0.1) is 13.8 Å². The highest BCUT2D eigenvalue weighted by Crippen LogP contribution is 2.21. The van der Waals surface area contributed by atoms with Crippen molar-refractivity contribution >= 4 is 10.0 Å². The Morgan fingerprint density at radius 3 is 2.55 bits per heavy atom. The highest BCUT2D eigenvalue weighted by molar-refractivity contribution is 7.89. The van der Waals surface area contributed by atoms with E-state index in [1.54, 1.807) is 31.6 Å². The van der Waals surface area contributed by atoms with Crippen molar-refractivity contribution in [3.05, 3.63) is 59.4 Å². The number of benzene rings is 1. The van der Waals surface area contributed by atoms with E-state index < -0.39 is 10.0 Å². The number of aromatic nitrogens is 1. The van der Waals surface area contributed by atoms with E-state index in [1.807, 2.05) is 32.0 Å². The Morgan fingerprint density at radius 2 is 1.95 bits per heavy atom. The predicted octanol–water partition coefficient (Wildman–Crippen LogP) is 2.52. The Labute approximate surface area is 120 Å². The van der Waals surface area contributed by atoms with Crippen LogP contribution in [-0.4, -0.2) is 24.8 Å². The molecule has 4 nitrogen and oxygen atoms in total. The molecule has 1 aromatic heterocycles. The van der Waals surface area contributed by atoms with Gasteiger partial charge in [-0.05, 0) is 37.1 Å². The summed E-state index contributed by atoms with van der Waals surface area (Å²) < 4.78 is 26.5. The molecular formula is C15H18N2O2S. The fourth-order valence-electron chi connectivity index (χ4n) is 2.09. The Kier molecular flexibility index (Phi) is 4.20. The van der Waals surface area contributed by atoms with Gasteiger partial charge in [0.2, 0.25) is 10.0 Å². The fraction of sp³-hybridized carbons (Fsp3) is 0.267. The molecule has 0 aliphatic rings. The largest absolute Gasteiger partial charge is 0.264 e. The minimum absolute atomic E-state index is 0.309. The first-order valence-electron chi connectivity index (χ1n) is 6.34. The highest BCUT2D eigenvalue weighted by atomic mass is 32.2. The third-order valence-electron chi connectivity index (χ3n) is 3.15. The molecule has 0 aliphatic heterocycles. The minimum Gasteiger partial charge on any atom is -0.264 e. The number of rotatable bonds is 4. The van der Waals surface area contributed by atoms with Crippen LogP contribution in [0.2, 0.25) is 0 Å². The van der Waals surface area contributed by atoms with Gasteiger partial charge < -0.3 is 0 Å². The van der Waals surface area contributed by atoms with Crippen molar-refractivity contribution in [2.75, 3.05) is 7.05 Å². The fourth-order valence-corrected chi connectivity index (χ4v) is 3.45. The molecule has 0 N–H and O–H groups in total. The van der Waals surface area contributed by atoms with E-state index in [2.05, 4.69) is 4.98 Å². The van der Waals surface area contributed by atoms with Gasteiger partial charge in [0.1, 0.15) is 0 Å². The first-order valence-corrected chi connectivity index (χ1v) is 7.78. The lowest BCUT2D eigenvalue weighted by molar-refractivity contribution is 0.466. The topological polar surface area (TPSA) is 50.3 Å². The van der Waals surface area contributed by atoms with Gasteiger partial charge in [0.25, 0.3) is 0 Å². The van der Waals surface area contributed by atoms with Gasteiger partial charge in [-0.2, -0.15) is 4.31 Å². The predicted molar refractivity (Wildman–Crippen MR) is 78.8 cm³/mol. The molecule has 0 atom stereocenters. The van der Waals surface area contributed by atoms with E-state index in [9.17, 15) is 8.42 Å². The van der Waals surface area contributed by atoms with Gasteiger partial charge in [0.05, 0.1) is 4.90 Å². The number of sulfonamides is 1. The van der Waals surface area contributed by atoms with Crippen molar-refractivity contribution in [3.63, 3.8) is 0 Å². The van der Waals surface area contributed by atoms with Crippen LogP contribution in [0.4, 0.5) is 0 Å². The summed E-state index contributed by atoms with van der Waals surface area (Å²) in [6.07, 6.45) is 3.34. The van der Waals surface area contributed by atoms with Crippen LogP contribution in [0.5, 0.6) is 0 Å². The summed E-state index contributed by atoms with van der Waals surface area (Å²) in [5.41, 5.74) is 2.68.